The van der Waals surface area contributed by atoms with E-state index in [0.29, 0.717) is 5.92 Å². The Bertz CT molecular complexity index is 1200. The lowest BCUT2D eigenvalue weighted by Gasteiger charge is -2.39. The van der Waals surface area contributed by atoms with Gasteiger partial charge in [0.15, 0.2) is 0 Å². The maximum atomic E-state index is 5.17. The maximum absolute atomic E-state index is 5.17. The molecule has 0 N–H and O–H groups in total. The Labute approximate surface area is 323 Å². The van der Waals surface area contributed by atoms with Crippen LogP contribution in [0.5, 0.6) is 0 Å². The van der Waals surface area contributed by atoms with E-state index in [2.05, 4.69) is 98.4 Å². The number of rotatable bonds is 34. The SMILES string of the molecule is CCCCCCCCCCCCCCCCCCCn1ccnc1C(CCCCCCCCCCCC)C(C)(Cc1ccccc1)c1ccccc1. The molecule has 52 heavy (non-hydrogen) atoms. The number of unbranched alkanes of at least 4 members (excludes halogenated alkanes) is 25. The van der Waals surface area contributed by atoms with Crippen LogP contribution in [-0.4, -0.2) is 9.55 Å². The van der Waals surface area contributed by atoms with Crippen molar-refractivity contribution in [3.63, 3.8) is 0 Å². The van der Waals surface area contributed by atoms with Gasteiger partial charge in [-0.05, 0) is 30.4 Å². The van der Waals surface area contributed by atoms with Crippen molar-refractivity contribution < 1.29 is 0 Å². The number of hydrogen-bond acceptors (Lipinski definition) is 1. The lowest BCUT2D eigenvalue weighted by atomic mass is 9.66. The Hall–Kier alpha value is -2.35. The van der Waals surface area contributed by atoms with Crippen LogP contribution in [0.2, 0.25) is 0 Å². The van der Waals surface area contributed by atoms with E-state index in [4.69, 9.17) is 4.98 Å². The summed E-state index contributed by atoms with van der Waals surface area (Å²) in [7, 11) is 0. The molecule has 1 heterocycles. The van der Waals surface area contributed by atoms with E-state index in [9.17, 15) is 0 Å². The molecule has 2 unspecified atom stereocenters. The summed E-state index contributed by atoms with van der Waals surface area (Å²) in [6, 6.07) is 22.6. The first-order valence-corrected chi connectivity index (χ1v) is 22.8. The van der Waals surface area contributed by atoms with Crippen LogP contribution in [0.3, 0.4) is 0 Å². The molecule has 2 aromatic carbocycles. The first-order chi connectivity index (χ1) is 25.7. The van der Waals surface area contributed by atoms with Gasteiger partial charge in [0.25, 0.3) is 0 Å². The highest BCUT2D eigenvalue weighted by Crippen LogP contribution is 2.44. The number of aryl methyl sites for hydroxylation is 1. The summed E-state index contributed by atoms with van der Waals surface area (Å²) in [5.74, 6) is 1.69. The third-order valence-corrected chi connectivity index (χ3v) is 12.0. The summed E-state index contributed by atoms with van der Waals surface area (Å²) >= 11 is 0. The zero-order chi connectivity index (χ0) is 36.8. The van der Waals surface area contributed by atoms with E-state index < -0.39 is 0 Å². The van der Waals surface area contributed by atoms with Gasteiger partial charge in [-0.3, -0.25) is 0 Å². The van der Waals surface area contributed by atoms with E-state index in [1.807, 2.05) is 0 Å². The number of nitrogens with zero attached hydrogens (tertiary/aromatic N) is 2. The van der Waals surface area contributed by atoms with Crippen LogP contribution < -0.4 is 0 Å². The molecule has 292 valence electrons. The zero-order valence-electron chi connectivity index (χ0n) is 34.6. The molecule has 0 aliphatic carbocycles. The molecule has 2 atom stereocenters. The predicted molar refractivity (Wildman–Crippen MR) is 230 cm³/mol. The average Bonchev–Trinajstić information content (AvgIpc) is 3.63. The Kier molecular flexibility index (Phi) is 24.6. The van der Waals surface area contributed by atoms with Crippen molar-refractivity contribution in [2.75, 3.05) is 0 Å². The highest BCUT2D eigenvalue weighted by Gasteiger charge is 2.39. The van der Waals surface area contributed by atoms with Gasteiger partial charge in [0, 0.05) is 30.3 Å². The average molecular weight is 711 g/mol. The van der Waals surface area contributed by atoms with Crippen LogP contribution in [-0.2, 0) is 18.4 Å². The van der Waals surface area contributed by atoms with E-state index in [1.54, 1.807) is 0 Å². The monoisotopic (exact) mass is 711 g/mol. The fourth-order valence-corrected chi connectivity index (χ4v) is 8.66. The molecule has 2 heteroatoms. The molecule has 0 radical (unpaired) electrons. The molecule has 0 saturated heterocycles. The number of aromatic nitrogens is 2. The zero-order valence-corrected chi connectivity index (χ0v) is 34.6. The molecule has 2 nitrogen and oxygen atoms in total. The second-order valence-electron chi connectivity index (χ2n) is 16.6. The van der Waals surface area contributed by atoms with Gasteiger partial charge in [0.1, 0.15) is 5.82 Å². The van der Waals surface area contributed by atoms with Crippen molar-refractivity contribution in [3.8, 4) is 0 Å². The third kappa shape index (κ3) is 18.1. The largest absolute Gasteiger partial charge is 0.335 e. The lowest BCUT2D eigenvalue weighted by molar-refractivity contribution is 0.321. The number of imidazole rings is 1. The molecular weight excluding hydrogens is 629 g/mol. The third-order valence-electron chi connectivity index (χ3n) is 12.0. The van der Waals surface area contributed by atoms with Gasteiger partial charge >= 0.3 is 0 Å². The summed E-state index contributed by atoms with van der Waals surface area (Å²) in [6.07, 6.45) is 44.5. The fourth-order valence-electron chi connectivity index (χ4n) is 8.66. The van der Waals surface area contributed by atoms with E-state index >= 15 is 0 Å². The van der Waals surface area contributed by atoms with E-state index in [0.717, 1.165) is 13.0 Å². The Morgan fingerprint density at radius 2 is 0.904 bits per heavy atom. The molecular formula is C50H82N2. The summed E-state index contributed by atoms with van der Waals surface area (Å²) in [5, 5.41) is 0. The van der Waals surface area contributed by atoms with Crippen molar-refractivity contribution in [1.82, 2.24) is 9.55 Å². The molecule has 0 bridgehead atoms. The van der Waals surface area contributed by atoms with Crippen LogP contribution >= 0.6 is 0 Å². The van der Waals surface area contributed by atoms with Gasteiger partial charge in [0.05, 0.1) is 0 Å². The molecule has 3 rings (SSSR count). The molecule has 0 saturated carbocycles. The molecule has 0 fully saturated rings. The highest BCUT2D eigenvalue weighted by atomic mass is 15.1. The quantitative estimate of drug-likeness (QED) is 0.0564. The molecule has 1 aromatic heterocycles. The van der Waals surface area contributed by atoms with Crippen molar-refractivity contribution in [1.29, 1.82) is 0 Å². The van der Waals surface area contributed by atoms with Gasteiger partial charge in [-0.2, -0.15) is 0 Å². The molecule has 0 aliphatic rings. The van der Waals surface area contributed by atoms with Crippen molar-refractivity contribution >= 4 is 0 Å². The first kappa shape index (κ1) is 44.0. The number of benzene rings is 2. The summed E-state index contributed by atoms with van der Waals surface area (Å²) in [5.41, 5.74) is 2.84. The predicted octanol–water partition coefficient (Wildman–Crippen LogP) is 16.1. The summed E-state index contributed by atoms with van der Waals surface area (Å²) in [4.78, 5) is 5.17. The number of hydrogen-bond donors (Lipinski definition) is 0. The fraction of sp³-hybridized carbons (Fsp3) is 0.700. The summed E-state index contributed by atoms with van der Waals surface area (Å²) < 4.78 is 2.54. The van der Waals surface area contributed by atoms with Gasteiger partial charge in [-0.25, -0.2) is 4.98 Å². The molecule has 0 aliphatic heterocycles. The van der Waals surface area contributed by atoms with Crippen LogP contribution in [0.15, 0.2) is 73.1 Å². The van der Waals surface area contributed by atoms with Gasteiger partial charge in [0.2, 0.25) is 0 Å². The minimum Gasteiger partial charge on any atom is -0.335 e. The first-order valence-electron chi connectivity index (χ1n) is 22.8. The smallest absolute Gasteiger partial charge is 0.112 e. The van der Waals surface area contributed by atoms with Gasteiger partial charge in [-0.1, -0.05) is 248 Å². The summed E-state index contributed by atoms with van der Waals surface area (Å²) in [6.45, 7) is 8.25. The Morgan fingerprint density at radius 1 is 0.500 bits per heavy atom. The van der Waals surface area contributed by atoms with Crippen LogP contribution in [0.4, 0.5) is 0 Å². The minimum absolute atomic E-state index is 0.0285. The van der Waals surface area contributed by atoms with E-state index in [1.165, 1.54) is 197 Å². The van der Waals surface area contributed by atoms with Gasteiger partial charge < -0.3 is 4.57 Å². The van der Waals surface area contributed by atoms with Crippen LogP contribution in [0.25, 0.3) is 0 Å². The molecule has 0 spiro atoms. The second kappa shape index (κ2) is 29.1. The second-order valence-corrected chi connectivity index (χ2v) is 16.6. The van der Waals surface area contributed by atoms with Crippen LogP contribution in [0.1, 0.15) is 223 Å². The molecule has 0 amide bonds. The van der Waals surface area contributed by atoms with Crippen molar-refractivity contribution in [3.05, 3.63) is 90.0 Å². The van der Waals surface area contributed by atoms with Crippen molar-refractivity contribution in [2.45, 2.75) is 225 Å². The lowest BCUT2D eigenvalue weighted by Crippen LogP contribution is -2.35. The van der Waals surface area contributed by atoms with E-state index in [-0.39, 0.29) is 5.41 Å². The Balaban J connectivity index is 1.48. The van der Waals surface area contributed by atoms with Gasteiger partial charge in [-0.15, -0.1) is 0 Å². The maximum Gasteiger partial charge on any atom is 0.112 e. The standard InChI is InChI=1S/C50H82N2/c1-4-6-8-10-12-14-16-17-18-19-20-21-22-24-26-28-36-43-52-44-42-51-49(52)48(41-35-27-25-23-15-13-11-9-7-5-2)50(3,47-39-33-30-34-40-47)45-46-37-31-29-32-38-46/h29-34,37-40,42,44,48H,4-28,35-36,41,43,45H2,1-3H3. The normalized spacial score (nSPS) is 13.4. The van der Waals surface area contributed by atoms with Crippen molar-refractivity contribution in [2.24, 2.45) is 0 Å². The van der Waals surface area contributed by atoms with Crippen LogP contribution in [0, 0.1) is 0 Å². The minimum atomic E-state index is -0.0285. The Morgan fingerprint density at radius 3 is 1.37 bits per heavy atom. The molecule has 3 aromatic rings. The topological polar surface area (TPSA) is 17.8 Å². The highest BCUT2D eigenvalue weighted by molar-refractivity contribution is 5.33.